The van der Waals surface area contributed by atoms with Crippen LogP contribution in [0.25, 0.3) is 0 Å². The number of benzene rings is 2. The van der Waals surface area contributed by atoms with E-state index in [1.165, 1.54) is 11.1 Å². The topological polar surface area (TPSA) is 32.7 Å². The highest BCUT2D eigenvalue weighted by Crippen LogP contribution is 2.10. The number of hydrogen-bond donors (Lipinski definition) is 1. The van der Waals surface area contributed by atoms with Gasteiger partial charge < -0.3 is 9.84 Å². The quantitative estimate of drug-likeness (QED) is 0.708. The molecule has 0 radical (unpaired) electrons. The minimum Gasteiger partial charge on any atom is -0.389 e. The number of ether oxygens (including phenoxy) is 1. The average molecular weight is 341 g/mol. The van der Waals surface area contributed by atoms with Gasteiger partial charge in [-0.25, -0.2) is 0 Å². The normalized spacial score (nSPS) is 12.7. The summed E-state index contributed by atoms with van der Waals surface area (Å²) in [5, 5.41) is 10.4. The van der Waals surface area contributed by atoms with Crippen LogP contribution in [0, 0.1) is 12.8 Å². The third-order valence-corrected chi connectivity index (χ3v) is 4.04. The summed E-state index contributed by atoms with van der Waals surface area (Å²) in [6.07, 6.45) is -0.479. The predicted molar refractivity (Wildman–Crippen MR) is 103 cm³/mol. The third-order valence-electron chi connectivity index (χ3n) is 4.04. The van der Waals surface area contributed by atoms with Crippen molar-refractivity contribution >= 4 is 0 Å². The summed E-state index contributed by atoms with van der Waals surface area (Å²) >= 11 is 0. The van der Waals surface area contributed by atoms with Gasteiger partial charge in [0.2, 0.25) is 0 Å². The molecule has 1 unspecified atom stereocenters. The summed E-state index contributed by atoms with van der Waals surface area (Å²) in [6.45, 7) is 9.86. The Hall–Kier alpha value is -1.68. The number of aryl methyl sites for hydroxylation is 1. The Morgan fingerprint density at radius 2 is 1.60 bits per heavy atom. The molecule has 3 nitrogen and oxygen atoms in total. The van der Waals surface area contributed by atoms with Crippen LogP contribution in [-0.2, 0) is 17.9 Å². The van der Waals surface area contributed by atoms with Gasteiger partial charge in [0.25, 0.3) is 0 Å². The molecule has 0 aromatic heterocycles. The fraction of sp³-hybridized carbons (Fsp3) is 0.455. The van der Waals surface area contributed by atoms with Gasteiger partial charge in [-0.05, 0) is 24.0 Å². The zero-order chi connectivity index (χ0) is 18.1. The molecular weight excluding hydrogens is 310 g/mol. The second kappa shape index (κ2) is 10.3. The van der Waals surface area contributed by atoms with Gasteiger partial charge in [0.1, 0.15) is 0 Å². The van der Waals surface area contributed by atoms with E-state index in [9.17, 15) is 5.11 Å². The number of aliphatic hydroxyl groups excluding tert-OH is 1. The lowest BCUT2D eigenvalue weighted by Crippen LogP contribution is -2.36. The van der Waals surface area contributed by atoms with Gasteiger partial charge in [-0.3, -0.25) is 4.90 Å². The summed E-state index contributed by atoms with van der Waals surface area (Å²) in [6, 6.07) is 18.7. The molecule has 2 aromatic rings. The monoisotopic (exact) mass is 341 g/mol. The van der Waals surface area contributed by atoms with Gasteiger partial charge in [-0.15, -0.1) is 0 Å². The summed E-state index contributed by atoms with van der Waals surface area (Å²) in [7, 11) is 0. The first-order valence-electron chi connectivity index (χ1n) is 9.10. The molecule has 0 aliphatic rings. The number of rotatable bonds is 10. The van der Waals surface area contributed by atoms with Crippen LogP contribution >= 0.6 is 0 Å². The van der Waals surface area contributed by atoms with Crippen molar-refractivity contribution in [1.82, 2.24) is 4.90 Å². The van der Waals surface area contributed by atoms with Crippen molar-refractivity contribution in [2.24, 2.45) is 5.92 Å². The van der Waals surface area contributed by atoms with Crippen molar-refractivity contribution in [3.63, 3.8) is 0 Å². The molecule has 0 amide bonds. The minimum absolute atomic E-state index is 0.359. The van der Waals surface area contributed by atoms with E-state index in [4.69, 9.17) is 4.74 Å². The Kier molecular flexibility index (Phi) is 8.13. The summed E-state index contributed by atoms with van der Waals surface area (Å²) in [5.74, 6) is 0.558. The molecule has 0 spiro atoms. The average Bonchev–Trinajstić information content (AvgIpc) is 2.57. The predicted octanol–water partition coefficient (Wildman–Crippen LogP) is 4.03. The fourth-order valence-electron chi connectivity index (χ4n) is 2.91. The molecule has 0 aliphatic heterocycles. The Morgan fingerprint density at radius 3 is 2.24 bits per heavy atom. The van der Waals surface area contributed by atoms with Crippen LogP contribution < -0.4 is 0 Å². The van der Waals surface area contributed by atoms with Crippen LogP contribution in [0.2, 0.25) is 0 Å². The van der Waals surface area contributed by atoms with Gasteiger partial charge in [0.05, 0.1) is 19.3 Å². The van der Waals surface area contributed by atoms with Crippen molar-refractivity contribution in [1.29, 1.82) is 0 Å². The number of nitrogens with zero attached hydrogens (tertiary/aromatic N) is 1. The largest absolute Gasteiger partial charge is 0.389 e. The van der Waals surface area contributed by atoms with Crippen molar-refractivity contribution in [2.75, 3.05) is 19.7 Å². The summed E-state index contributed by atoms with van der Waals surface area (Å²) in [4.78, 5) is 2.31. The first kappa shape index (κ1) is 19.6. The Labute approximate surface area is 152 Å². The summed E-state index contributed by atoms with van der Waals surface area (Å²) < 4.78 is 5.68. The smallest absolute Gasteiger partial charge is 0.0900 e. The lowest BCUT2D eigenvalue weighted by atomic mass is 10.1. The maximum atomic E-state index is 10.4. The second-order valence-electron chi connectivity index (χ2n) is 7.23. The molecule has 1 N–H and O–H groups in total. The Balaban J connectivity index is 1.81. The standard InChI is InChI=1S/C22H31NO2/c1-18(2)13-23(14-20-11-9-19(3)10-12-20)15-22(24)17-25-16-21-7-5-4-6-8-21/h4-12,18,22,24H,13-17H2,1-3H3. The first-order chi connectivity index (χ1) is 12.0. The Morgan fingerprint density at radius 1 is 0.920 bits per heavy atom. The van der Waals surface area contributed by atoms with Gasteiger partial charge in [0.15, 0.2) is 0 Å². The molecule has 136 valence electrons. The molecule has 0 bridgehead atoms. The van der Waals surface area contributed by atoms with E-state index in [0.29, 0.717) is 25.7 Å². The van der Waals surface area contributed by atoms with Crippen LogP contribution in [0.3, 0.4) is 0 Å². The minimum atomic E-state index is -0.479. The van der Waals surface area contributed by atoms with Crippen molar-refractivity contribution in [3.8, 4) is 0 Å². The molecule has 25 heavy (non-hydrogen) atoms. The zero-order valence-corrected chi connectivity index (χ0v) is 15.7. The van der Waals surface area contributed by atoms with E-state index < -0.39 is 6.10 Å². The molecular formula is C22H31NO2. The van der Waals surface area contributed by atoms with Crippen LogP contribution in [0.4, 0.5) is 0 Å². The fourth-order valence-corrected chi connectivity index (χ4v) is 2.91. The van der Waals surface area contributed by atoms with Crippen LogP contribution in [0.1, 0.15) is 30.5 Å². The highest BCUT2D eigenvalue weighted by molar-refractivity contribution is 5.21. The Bertz CT molecular complexity index is 595. The van der Waals surface area contributed by atoms with E-state index >= 15 is 0 Å². The molecule has 0 saturated heterocycles. The molecule has 2 rings (SSSR count). The van der Waals surface area contributed by atoms with E-state index in [1.807, 2.05) is 30.3 Å². The SMILES string of the molecule is Cc1ccc(CN(CC(C)C)CC(O)COCc2ccccc2)cc1. The molecule has 0 saturated carbocycles. The van der Waals surface area contributed by atoms with Crippen molar-refractivity contribution in [3.05, 3.63) is 71.3 Å². The maximum absolute atomic E-state index is 10.4. The van der Waals surface area contributed by atoms with E-state index in [2.05, 4.69) is 49.9 Å². The molecule has 0 aliphatic carbocycles. The van der Waals surface area contributed by atoms with Gasteiger partial charge in [-0.2, -0.15) is 0 Å². The van der Waals surface area contributed by atoms with Crippen LogP contribution in [-0.4, -0.2) is 35.8 Å². The molecule has 0 heterocycles. The van der Waals surface area contributed by atoms with Crippen molar-refractivity contribution < 1.29 is 9.84 Å². The second-order valence-corrected chi connectivity index (χ2v) is 7.23. The first-order valence-corrected chi connectivity index (χ1v) is 9.10. The van der Waals surface area contributed by atoms with Crippen molar-refractivity contribution in [2.45, 2.75) is 40.0 Å². The molecule has 0 fully saturated rings. The van der Waals surface area contributed by atoms with Crippen LogP contribution in [0.15, 0.2) is 54.6 Å². The molecule has 2 aromatic carbocycles. The lowest BCUT2D eigenvalue weighted by Gasteiger charge is -2.27. The molecule has 1 atom stereocenters. The van der Waals surface area contributed by atoms with E-state index in [0.717, 1.165) is 18.7 Å². The number of hydrogen-bond acceptors (Lipinski definition) is 3. The zero-order valence-electron chi connectivity index (χ0n) is 15.7. The third kappa shape index (κ3) is 7.82. The van der Waals surface area contributed by atoms with Gasteiger partial charge >= 0.3 is 0 Å². The van der Waals surface area contributed by atoms with Crippen LogP contribution in [0.5, 0.6) is 0 Å². The maximum Gasteiger partial charge on any atom is 0.0900 e. The van der Waals surface area contributed by atoms with E-state index in [1.54, 1.807) is 0 Å². The molecule has 3 heteroatoms. The van der Waals surface area contributed by atoms with Gasteiger partial charge in [0, 0.05) is 19.6 Å². The highest BCUT2D eigenvalue weighted by Gasteiger charge is 2.14. The number of aliphatic hydroxyl groups is 1. The van der Waals surface area contributed by atoms with E-state index in [-0.39, 0.29) is 0 Å². The summed E-state index contributed by atoms with van der Waals surface area (Å²) in [5.41, 5.74) is 3.69. The van der Waals surface area contributed by atoms with Gasteiger partial charge in [-0.1, -0.05) is 74.0 Å². The lowest BCUT2D eigenvalue weighted by molar-refractivity contribution is 0.00678. The highest BCUT2D eigenvalue weighted by atomic mass is 16.5.